The van der Waals surface area contributed by atoms with Crippen LogP contribution in [0.3, 0.4) is 0 Å². The number of alkyl halides is 3. The maximum atomic E-state index is 13.7. The second-order valence-corrected chi connectivity index (χ2v) is 6.62. The molecule has 2 heterocycles. The van der Waals surface area contributed by atoms with Gasteiger partial charge in [-0.2, -0.15) is 13.2 Å². The van der Waals surface area contributed by atoms with Gasteiger partial charge >= 0.3 is 12.1 Å². The van der Waals surface area contributed by atoms with Crippen molar-refractivity contribution in [3.8, 4) is 0 Å². The van der Waals surface area contributed by atoms with Crippen molar-refractivity contribution in [3.63, 3.8) is 0 Å². The van der Waals surface area contributed by atoms with Crippen LogP contribution < -0.4 is 10.9 Å². The fourth-order valence-electron chi connectivity index (χ4n) is 2.96. The highest BCUT2D eigenvalue weighted by Gasteiger charge is 2.35. The van der Waals surface area contributed by atoms with E-state index in [0.717, 1.165) is 12.3 Å². The average molecular weight is 421 g/mol. The number of fused-ring (bicyclic) bond motifs is 1. The van der Waals surface area contributed by atoms with E-state index in [1.807, 2.05) is 0 Å². The second kappa shape index (κ2) is 7.73. The molecule has 0 aliphatic rings. The molecule has 2 aromatic heterocycles. The zero-order valence-electron chi connectivity index (χ0n) is 16.5. The predicted octanol–water partition coefficient (Wildman–Crippen LogP) is 3.01. The molecular formula is C19H18F3N5O3. The maximum Gasteiger partial charge on any atom is 0.416 e. The first-order valence-electron chi connectivity index (χ1n) is 8.78. The van der Waals surface area contributed by atoms with Gasteiger partial charge < -0.3 is 10.1 Å². The van der Waals surface area contributed by atoms with Gasteiger partial charge in [0.05, 0.1) is 42.0 Å². The van der Waals surface area contributed by atoms with Crippen LogP contribution in [0.5, 0.6) is 0 Å². The van der Waals surface area contributed by atoms with Crippen molar-refractivity contribution < 1.29 is 22.7 Å². The Kier molecular flexibility index (Phi) is 5.47. The van der Waals surface area contributed by atoms with Crippen LogP contribution in [0.25, 0.3) is 10.9 Å². The van der Waals surface area contributed by atoms with E-state index in [4.69, 9.17) is 0 Å². The summed E-state index contributed by atoms with van der Waals surface area (Å²) < 4.78 is 47.0. The topological polar surface area (TPSA) is 99.0 Å². The normalized spacial score (nSPS) is 12.6. The van der Waals surface area contributed by atoms with Gasteiger partial charge in [-0.15, -0.1) is 0 Å². The molecule has 1 N–H and O–H groups in total. The summed E-state index contributed by atoms with van der Waals surface area (Å²) in [6, 6.07) is 1.19. The molecule has 1 unspecified atom stereocenters. The first kappa shape index (κ1) is 21.2. The van der Waals surface area contributed by atoms with E-state index < -0.39 is 29.3 Å². The van der Waals surface area contributed by atoms with Crippen LogP contribution >= 0.6 is 0 Å². The van der Waals surface area contributed by atoms with E-state index in [2.05, 4.69) is 25.0 Å². The summed E-state index contributed by atoms with van der Waals surface area (Å²) in [5.41, 5.74) is -1.56. The number of ether oxygens (including phenoxy) is 1. The minimum absolute atomic E-state index is 0.0268. The number of nitrogens with one attached hydrogen (secondary N) is 1. The maximum absolute atomic E-state index is 13.7. The summed E-state index contributed by atoms with van der Waals surface area (Å²) in [4.78, 5) is 35.9. The Labute approximate surface area is 168 Å². The van der Waals surface area contributed by atoms with Crippen molar-refractivity contribution in [1.82, 2.24) is 19.5 Å². The fraction of sp³-hybridized carbons (Fsp3) is 0.316. The minimum Gasteiger partial charge on any atom is -0.464 e. The average Bonchev–Trinajstić information content (AvgIpc) is 2.70. The summed E-state index contributed by atoms with van der Waals surface area (Å²) in [7, 11) is 2.69. The zero-order valence-corrected chi connectivity index (χ0v) is 16.5. The van der Waals surface area contributed by atoms with Crippen LogP contribution in [0.2, 0.25) is 0 Å². The first-order chi connectivity index (χ1) is 14.0. The van der Waals surface area contributed by atoms with Crippen molar-refractivity contribution >= 4 is 22.7 Å². The number of anilines is 1. The molecule has 11 heteroatoms. The quantitative estimate of drug-likeness (QED) is 0.647. The molecule has 158 valence electrons. The molecule has 1 atom stereocenters. The Balaban J connectivity index is 2.06. The third-order valence-corrected chi connectivity index (χ3v) is 4.65. The molecule has 8 nitrogen and oxygen atoms in total. The van der Waals surface area contributed by atoms with Gasteiger partial charge in [0, 0.05) is 7.05 Å². The smallest absolute Gasteiger partial charge is 0.416 e. The summed E-state index contributed by atoms with van der Waals surface area (Å²) in [6.45, 7) is 3.04. The van der Waals surface area contributed by atoms with Gasteiger partial charge in [-0.1, -0.05) is 0 Å². The Bertz CT molecular complexity index is 1170. The fourth-order valence-corrected chi connectivity index (χ4v) is 2.96. The molecule has 0 bridgehead atoms. The van der Waals surface area contributed by atoms with E-state index in [1.165, 1.54) is 37.9 Å². The lowest BCUT2D eigenvalue weighted by Gasteiger charge is -2.21. The van der Waals surface area contributed by atoms with E-state index in [9.17, 15) is 22.8 Å². The lowest BCUT2D eigenvalue weighted by Crippen LogP contribution is -2.23. The van der Waals surface area contributed by atoms with Crippen LogP contribution in [0, 0.1) is 6.92 Å². The van der Waals surface area contributed by atoms with Gasteiger partial charge in [0.15, 0.2) is 5.69 Å². The van der Waals surface area contributed by atoms with E-state index in [0.29, 0.717) is 5.82 Å². The number of hydrogen-bond acceptors (Lipinski definition) is 7. The number of aromatic nitrogens is 4. The van der Waals surface area contributed by atoms with E-state index >= 15 is 0 Å². The number of hydrogen-bond donors (Lipinski definition) is 1. The molecule has 0 spiro atoms. The molecule has 0 aliphatic heterocycles. The second-order valence-electron chi connectivity index (χ2n) is 6.62. The molecule has 0 saturated heterocycles. The summed E-state index contributed by atoms with van der Waals surface area (Å²) in [6.07, 6.45) is -2.30. The predicted molar refractivity (Wildman–Crippen MR) is 102 cm³/mol. The van der Waals surface area contributed by atoms with Crippen LogP contribution in [0.4, 0.5) is 19.0 Å². The molecular weight excluding hydrogens is 403 g/mol. The molecule has 30 heavy (non-hydrogen) atoms. The summed E-state index contributed by atoms with van der Waals surface area (Å²) in [5, 5.41) is 2.89. The molecule has 0 aliphatic carbocycles. The van der Waals surface area contributed by atoms with Crippen LogP contribution in [-0.4, -0.2) is 32.6 Å². The summed E-state index contributed by atoms with van der Waals surface area (Å²) >= 11 is 0. The molecule has 0 fully saturated rings. The molecule has 3 rings (SSSR count). The number of carbonyl (C=O) groups excluding carboxylic acids is 1. The number of methoxy groups -OCH3 is 1. The van der Waals surface area contributed by atoms with Gasteiger partial charge in [-0.05, 0) is 31.5 Å². The Morgan fingerprint density at radius 1 is 1.23 bits per heavy atom. The Morgan fingerprint density at radius 3 is 2.50 bits per heavy atom. The molecule has 3 aromatic rings. The molecule has 1 aromatic carbocycles. The van der Waals surface area contributed by atoms with Crippen LogP contribution in [0.15, 0.2) is 29.3 Å². The lowest BCUT2D eigenvalue weighted by molar-refractivity contribution is -0.138. The van der Waals surface area contributed by atoms with Gasteiger partial charge in [-0.3, -0.25) is 9.36 Å². The Hall–Kier alpha value is -3.50. The van der Waals surface area contributed by atoms with Crippen molar-refractivity contribution in [2.75, 3.05) is 12.4 Å². The highest BCUT2D eigenvalue weighted by atomic mass is 19.4. The number of rotatable bonds is 4. The monoisotopic (exact) mass is 421 g/mol. The highest BCUT2D eigenvalue weighted by Crippen LogP contribution is 2.37. The number of aryl methyl sites for hydroxylation is 1. The summed E-state index contributed by atoms with van der Waals surface area (Å²) in [5.74, 6) is -0.228. The molecule has 0 amide bonds. The van der Waals surface area contributed by atoms with Crippen molar-refractivity contribution in [2.24, 2.45) is 7.05 Å². The SMILES string of the molecule is COC(=O)c1cnc(NC(C)c2cc3c(=O)n(C)c(C)nc3cc2C(F)(F)F)cn1. The highest BCUT2D eigenvalue weighted by molar-refractivity contribution is 5.86. The standard InChI is InChI=1S/C19H18F3N5O3/c1-9(25-16-8-23-15(7-24-16)18(29)30-4)11-5-12-14(6-13(11)19(20,21)22)26-10(2)27(3)17(12)28/h5-9H,1-4H3,(H,24,25). The lowest BCUT2D eigenvalue weighted by atomic mass is 9.98. The van der Waals surface area contributed by atoms with Crippen LogP contribution in [0.1, 0.15) is 40.4 Å². The van der Waals surface area contributed by atoms with Gasteiger partial charge in [0.2, 0.25) is 0 Å². The number of benzene rings is 1. The van der Waals surface area contributed by atoms with Crippen molar-refractivity contribution in [2.45, 2.75) is 26.1 Å². The Morgan fingerprint density at radius 2 is 1.93 bits per heavy atom. The molecule has 0 saturated carbocycles. The third kappa shape index (κ3) is 3.95. The van der Waals surface area contributed by atoms with Gasteiger partial charge in [-0.25, -0.2) is 19.7 Å². The number of nitrogens with zero attached hydrogens (tertiary/aromatic N) is 4. The van der Waals surface area contributed by atoms with Gasteiger partial charge in [0.25, 0.3) is 5.56 Å². The number of esters is 1. The van der Waals surface area contributed by atoms with E-state index in [1.54, 1.807) is 6.92 Å². The largest absolute Gasteiger partial charge is 0.464 e. The number of carbonyl (C=O) groups is 1. The van der Waals surface area contributed by atoms with Crippen LogP contribution in [-0.2, 0) is 18.0 Å². The first-order valence-corrected chi connectivity index (χ1v) is 8.78. The number of halogens is 3. The zero-order chi connectivity index (χ0) is 22.2. The third-order valence-electron chi connectivity index (χ3n) is 4.65. The van der Waals surface area contributed by atoms with Crippen molar-refractivity contribution in [3.05, 3.63) is 57.5 Å². The van der Waals surface area contributed by atoms with Crippen molar-refractivity contribution in [1.29, 1.82) is 0 Å². The minimum atomic E-state index is -4.66. The van der Waals surface area contributed by atoms with Gasteiger partial charge in [0.1, 0.15) is 11.6 Å². The van der Waals surface area contributed by atoms with E-state index in [-0.39, 0.29) is 28.0 Å². The molecule has 0 radical (unpaired) electrons.